The molecule has 7 heavy (non-hydrogen) atoms. The Morgan fingerprint density at radius 1 is 1.29 bits per heavy atom. The minimum absolute atomic E-state index is 0.947. The Balaban J connectivity index is 2.77. The number of hydrogen-bond acceptors (Lipinski definition) is 4. The monoisotopic (exact) mass is 230 g/mol. The molecule has 6 heteroatoms. The van der Waals surface area contributed by atoms with Crippen molar-refractivity contribution in [1.29, 1.82) is 0 Å². The van der Waals surface area contributed by atoms with Crippen LogP contribution < -0.4 is 0 Å². The van der Waals surface area contributed by atoms with E-state index in [1.165, 1.54) is 0 Å². The Hall–Kier alpha value is 0.220. The van der Waals surface area contributed by atoms with Crippen LogP contribution >= 0.6 is 34.2 Å². The molecule has 4 nitrogen and oxygen atoms in total. The molecule has 1 aliphatic rings. The van der Waals surface area contributed by atoms with Crippen LogP contribution in [-0.2, 0) is 0 Å². The zero-order valence-electron chi connectivity index (χ0n) is 3.04. The molecule has 0 bridgehead atoms. The molecular weight excluding hydrogens is 230 g/mol. The zero-order chi connectivity index (χ0) is 5.33. The summed E-state index contributed by atoms with van der Waals surface area (Å²) in [6.07, 6.45) is 0. The molecule has 0 radical (unpaired) electrons. The molecule has 0 aromatic rings. The highest BCUT2D eigenvalue weighted by Gasteiger charge is 2.24. The van der Waals surface area contributed by atoms with Crippen molar-refractivity contribution in [2.24, 2.45) is 20.7 Å². The second kappa shape index (κ2) is 1.62. The van der Waals surface area contributed by atoms with Gasteiger partial charge in [0.1, 0.15) is 0 Å². The van der Waals surface area contributed by atoms with Gasteiger partial charge in [-0.05, 0) is 33.0 Å². The molecule has 0 N–H and O–H groups in total. The first-order valence-corrected chi connectivity index (χ1v) is 2.88. The Labute approximate surface area is 58.2 Å². The third kappa shape index (κ3) is 1.30. The average Bonchev–Trinajstić information content (AvgIpc) is 1.84. The van der Waals surface area contributed by atoms with Gasteiger partial charge >= 0.3 is 3.13 Å². The second-order valence-electron chi connectivity index (χ2n) is 0.888. The summed E-state index contributed by atoms with van der Waals surface area (Å²) in [6, 6.07) is 0. The molecule has 1 heterocycles. The van der Waals surface area contributed by atoms with Crippen LogP contribution in [0.5, 0.6) is 0 Å². The van der Waals surface area contributed by atoms with Gasteiger partial charge in [0.25, 0.3) is 0 Å². The van der Waals surface area contributed by atoms with Crippen LogP contribution in [-0.4, -0.2) is 3.13 Å². The standard InChI is InChI=1S/CClIN4/c2-1(3)4-6-7-5-1. The first-order valence-electron chi connectivity index (χ1n) is 1.43. The molecule has 0 amide bonds. The highest BCUT2D eigenvalue weighted by molar-refractivity contribution is 14.1. The summed E-state index contributed by atoms with van der Waals surface area (Å²) in [5.41, 5.74) is 0. The summed E-state index contributed by atoms with van der Waals surface area (Å²) < 4.78 is -0.947. The smallest absolute Gasteiger partial charge is 0.107 e. The number of hydrogen-bond donors (Lipinski definition) is 0. The van der Waals surface area contributed by atoms with Crippen molar-refractivity contribution in [2.45, 2.75) is 3.13 Å². The molecule has 0 fully saturated rings. The molecule has 0 saturated heterocycles. The van der Waals surface area contributed by atoms with Crippen LogP contribution in [0.25, 0.3) is 0 Å². The molecule has 1 aliphatic heterocycles. The predicted octanol–water partition coefficient (Wildman–Crippen LogP) is 2.10. The predicted molar refractivity (Wildman–Crippen MR) is 32.3 cm³/mol. The first-order chi connectivity index (χ1) is 3.21. The number of alkyl halides is 2. The number of nitrogens with zero attached hydrogens (tertiary/aromatic N) is 4. The van der Waals surface area contributed by atoms with Gasteiger partial charge in [0.15, 0.2) is 0 Å². The van der Waals surface area contributed by atoms with Gasteiger partial charge in [0.05, 0.1) is 0 Å². The highest BCUT2D eigenvalue weighted by Crippen LogP contribution is 2.31. The van der Waals surface area contributed by atoms with Crippen LogP contribution in [0, 0.1) is 0 Å². The third-order valence-corrected chi connectivity index (χ3v) is 0.953. The summed E-state index contributed by atoms with van der Waals surface area (Å²) in [6.45, 7) is 0. The van der Waals surface area contributed by atoms with Gasteiger partial charge in [-0.2, -0.15) is 0 Å². The second-order valence-corrected chi connectivity index (χ2v) is 3.56. The summed E-state index contributed by atoms with van der Waals surface area (Å²) >= 11 is 7.24. The summed E-state index contributed by atoms with van der Waals surface area (Å²) in [7, 11) is 0. The van der Waals surface area contributed by atoms with Gasteiger partial charge in [-0.15, -0.1) is 10.2 Å². The maximum Gasteiger partial charge on any atom is 0.317 e. The van der Waals surface area contributed by atoms with E-state index < -0.39 is 3.13 Å². The van der Waals surface area contributed by atoms with E-state index in [1.807, 2.05) is 22.6 Å². The van der Waals surface area contributed by atoms with Crippen LogP contribution in [0.2, 0.25) is 0 Å². The van der Waals surface area contributed by atoms with Crippen LogP contribution in [0.3, 0.4) is 0 Å². The molecule has 0 spiro atoms. The topological polar surface area (TPSA) is 49.4 Å². The van der Waals surface area contributed by atoms with Crippen molar-refractivity contribution in [3.8, 4) is 0 Å². The van der Waals surface area contributed by atoms with Crippen LogP contribution in [0.15, 0.2) is 20.7 Å². The van der Waals surface area contributed by atoms with Crippen molar-refractivity contribution >= 4 is 34.2 Å². The fourth-order valence-corrected chi connectivity index (χ4v) is 0.428. The fourth-order valence-electron chi connectivity index (χ4n) is 0.168. The Morgan fingerprint density at radius 2 is 1.71 bits per heavy atom. The molecule has 0 aromatic heterocycles. The lowest BCUT2D eigenvalue weighted by molar-refractivity contribution is 0.922. The van der Waals surface area contributed by atoms with Gasteiger partial charge in [-0.1, -0.05) is 11.6 Å². The summed E-state index contributed by atoms with van der Waals surface area (Å²) in [5, 5.41) is 13.2. The summed E-state index contributed by atoms with van der Waals surface area (Å²) in [4.78, 5) is 0. The van der Waals surface area contributed by atoms with E-state index in [2.05, 4.69) is 20.7 Å². The van der Waals surface area contributed by atoms with E-state index in [1.54, 1.807) is 0 Å². The molecule has 0 aromatic carbocycles. The van der Waals surface area contributed by atoms with Gasteiger partial charge in [0.2, 0.25) is 0 Å². The van der Waals surface area contributed by atoms with Gasteiger partial charge in [-0.25, -0.2) is 0 Å². The molecule has 0 unspecified atom stereocenters. The summed E-state index contributed by atoms with van der Waals surface area (Å²) in [5.74, 6) is 0. The van der Waals surface area contributed by atoms with E-state index in [0.717, 1.165) is 0 Å². The van der Waals surface area contributed by atoms with Crippen LogP contribution in [0.1, 0.15) is 0 Å². The zero-order valence-corrected chi connectivity index (χ0v) is 5.96. The van der Waals surface area contributed by atoms with E-state index >= 15 is 0 Å². The lowest BCUT2D eigenvalue weighted by Crippen LogP contribution is -1.95. The van der Waals surface area contributed by atoms with E-state index in [9.17, 15) is 0 Å². The van der Waals surface area contributed by atoms with Crippen molar-refractivity contribution in [1.82, 2.24) is 0 Å². The lowest BCUT2D eigenvalue weighted by atomic mass is 11.2. The van der Waals surface area contributed by atoms with Gasteiger partial charge < -0.3 is 0 Å². The normalized spacial score (nSPS) is 23.7. The Kier molecular flexibility index (Phi) is 1.24. The largest absolute Gasteiger partial charge is 0.317 e. The minimum Gasteiger partial charge on any atom is -0.107 e. The molecule has 0 atom stereocenters. The lowest BCUT2D eigenvalue weighted by Gasteiger charge is -1.94. The van der Waals surface area contributed by atoms with Gasteiger partial charge in [-0.3, -0.25) is 0 Å². The Bertz CT molecular complexity index is 114. The minimum atomic E-state index is -0.947. The quantitative estimate of drug-likeness (QED) is 0.348. The molecule has 0 saturated carbocycles. The van der Waals surface area contributed by atoms with Gasteiger partial charge in [0, 0.05) is 0 Å². The average molecular weight is 230 g/mol. The van der Waals surface area contributed by atoms with E-state index in [-0.39, 0.29) is 0 Å². The molecule has 0 aliphatic carbocycles. The van der Waals surface area contributed by atoms with E-state index in [4.69, 9.17) is 11.6 Å². The Morgan fingerprint density at radius 3 is 1.86 bits per heavy atom. The number of halogens is 2. The fraction of sp³-hybridized carbons (Fsp3) is 1.00. The van der Waals surface area contributed by atoms with Crippen molar-refractivity contribution in [2.75, 3.05) is 0 Å². The van der Waals surface area contributed by atoms with Crippen molar-refractivity contribution in [3.63, 3.8) is 0 Å². The third-order valence-electron chi connectivity index (χ3n) is 0.370. The highest BCUT2D eigenvalue weighted by atomic mass is 127. The maximum atomic E-state index is 5.43. The first kappa shape index (κ1) is 5.36. The molecular formula is CClIN4. The van der Waals surface area contributed by atoms with Crippen molar-refractivity contribution in [3.05, 3.63) is 0 Å². The molecule has 1 rings (SSSR count). The maximum absolute atomic E-state index is 5.43. The number of rotatable bonds is 0. The van der Waals surface area contributed by atoms with Crippen LogP contribution in [0.4, 0.5) is 0 Å². The SMILES string of the molecule is ClC1(I)N=NN=N1. The van der Waals surface area contributed by atoms with E-state index in [0.29, 0.717) is 0 Å². The van der Waals surface area contributed by atoms with Crippen molar-refractivity contribution < 1.29 is 0 Å². The molecule has 38 valence electrons.